The minimum absolute atomic E-state index is 0.0153. The minimum atomic E-state index is -0.639. The van der Waals surface area contributed by atoms with Crippen molar-refractivity contribution in [2.45, 2.75) is 0 Å². The Morgan fingerprint density at radius 2 is 1.50 bits per heavy atom. The molecular weight excluding hydrogens is 405 g/mol. The number of hydrogen-bond acceptors (Lipinski definition) is 5. The molecule has 0 aliphatic carbocycles. The molecule has 0 fully saturated rings. The number of nitrogen functional groups attached to an aromatic ring is 1. The standard InChI is InChI=1S/C19H11Cl2N3O4/c20-9-5-10(21)7-13(6-9)28-12-3-1-11(2-4-12)24-15(25)8-14-16(17(24)22)19(27)23-18(14)26/h1-8H,22H2,(H,23,26,27). The lowest BCUT2D eigenvalue weighted by Crippen LogP contribution is -2.24. The first-order valence-corrected chi connectivity index (χ1v) is 8.74. The molecule has 1 aromatic heterocycles. The van der Waals surface area contributed by atoms with Gasteiger partial charge in [-0.25, -0.2) is 0 Å². The van der Waals surface area contributed by atoms with E-state index in [1.165, 1.54) is 0 Å². The highest BCUT2D eigenvalue weighted by molar-refractivity contribution is 6.34. The third kappa shape index (κ3) is 3.11. The quantitative estimate of drug-likeness (QED) is 0.637. The molecule has 3 N–H and O–H groups in total. The molecule has 0 atom stereocenters. The average molecular weight is 416 g/mol. The van der Waals surface area contributed by atoms with Gasteiger partial charge in [0.15, 0.2) is 0 Å². The number of pyridine rings is 1. The number of nitrogens with one attached hydrogen (secondary N) is 1. The van der Waals surface area contributed by atoms with E-state index in [0.717, 1.165) is 10.6 Å². The summed E-state index contributed by atoms with van der Waals surface area (Å²) in [5.41, 5.74) is 5.84. The van der Waals surface area contributed by atoms with E-state index in [2.05, 4.69) is 5.32 Å². The van der Waals surface area contributed by atoms with E-state index >= 15 is 0 Å². The van der Waals surface area contributed by atoms with Crippen LogP contribution in [0.3, 0.4) is 0 Å². The van der Waals surface area contributed by atoms with Crippen LogP contribution in [0.5, 0.6) is 11.5 Å². The number of fused-ring (bicyclic) bond motifs is 1. The van der Waals surface area contributed by atoms with Crippen molar-refractivity contribution in [2.75, 3.05) is 5.73 Å². The monoisotopic (exact) mass is 415 g/mol. The van der Waals surface area contributed by atoms with Crippen LogP contribution >= 0.6 is 23.2 Å². The Hall–Kier alpha value is -3.29. The number of carbonyl (C=O) groups is 2. The van der Waals surface area contributed by atoms with Crippen LogP contribution in [0.4, 0.5) is 5.82 Å². The van der Waals surface area contributed by atoms with Crippen LogP contribution < -0.4 is 21.3 Å². The number of aromatic nitrogens is 1. The van der Waals surface area contributed by atoms with Crippen molar-refractivity contribution in [1.29, 1.82) is 0 Å². The molecular formula is C19H11Cl2N3O4. The number of hydrogen-bond donors (Lipinski definition) is 2. The molecule has 7 nitrogen and oxygen atoms in total. The second kappa shape index (κ2) is 6.70. The Labute approximate surface area is 168 Å². The summed E-state index contributed by atoms with van der Waals surface area (Å²) in [6.07, 6.45) is 0. The van der Waals surface area contributed by atoms with Crippen molar-refractivity contribution >= 4 is 40.8 Å². The fraction of sp³-hybridized carbons (Fsp3) is 0. The van der Waals surface area contributed by atoms with Crippen LogP contribution in [-0.4, -0.2) is 16.4 Å². The van der Waals surface area contributed by atoms with Gasteiger partial charge >= 0.3 is 0 Å². The lowest BCUT2D eigenvalue weighted by Gasteiger charge is -2.13. The smallest absolute Gasteiger partial charge is 0.262 e. The molecule has 9 heteroatoms. The Balaban J connectivity index is 1.70. The van der Waals surface area contributed by atoms with Gasteiger partial charge in [-0.1, -0.05) is 23.2 Å². The molecule has 4 rings (SSSR count). The highest BCUT2D eigenvalue weighted by atomic mass is 35.5. The fourth-order valence-corrected chi connectivity index (χ4v) is 3.44. The summed E-state index contributed by atoms with van der Waals surface area (Å²) in [4.78, 5) is 36.1. The number of halogens is 2. The van der Waals surface area contributed by atoms with Crippen molar-refractivity contribution in [3.05, 3.63) is 80.1 Å². The summed E-state index contributed by atoms with van der Waals surface area (Å²) in [7, 11) is 0. The average Bonchev–Trinajstić information content (AvgIpc) is 2.89. The van der Waals surface area contributed by atoms with Gasteiger partial charge in [0.1, 0.15) is 17.3 Å². The van der Waals surface area contributed by atoms with Crippen LogP contribution in [0.15, 0.2) is 53.3 Å². The number of imide groups is 1. The van der Waals surface area contributed by atoms with Gasteiger partial charge < -0.3 is 10.5 Å². The zero-order chi connectivity index (χ0) is 20.0. The van der Waals surface area contributed by atoms with E-state index in [-0.39, 0.29) is 16.9 Å². The SMILES string of the molecule is Nc1c2c(cc(=O)n1-c1ccc(Oc3cc(Cl)cc(Cl)c3)cc1)C(=O)NC2=O. The molecule has 1 aliphatic rings. The lowest BCUT2D eigenvalue weighted by atomic mass is 10.1. The Bertz CT molecular complexity index is 1180. The molecule has 28 heavy (non-hydrogen) atoms. The highest BCUT2D eigenvalue weighted by Gasteiger charge is 2.31. The third-order valence-corrected chi connectivity index (χ3v) is 4.56. The van der Waals surface area contributed by atoms with Crippen LogP contribution in [0.25, 0.3) is 5.69 Å². The van der Waals surface area contributed by atoms with E-state index in [4.69, 9.17) is 33.7 Å². The number of nitrogens with two attached hydrogens (primary N) is 1. The van der Waals surface area contributed by atoms with Crippen LogP contribution in [-0.2, 0) is 0 Å². The van der Waals surface area contributed by atoms with Crippen LogP contribution in [0, 0.1) is 0 Å². The Morgan fingerprint density at radius 1 is 0.857 bits per heavy atom. The van der Waals surface area contributed by atoms with Crippen molar-refractivity contribution in [2.24, 2.45) is 0 Å². The first-order valence-electron chi connectivity index (χ1n) is 7.99. The lowest BCUT2D eigenvalue weighted by molar-refractivity contribution is 0.0880. The number of carbonyl (C=O) groups excluding carboxylic acids is 2. The van der Waals surface area contributed by atoms with Crippen LogP contribution in [0.1, 0.15) is 20.7 Å². The highest BCUT2D eigenvalue weighted by Crippen LogP contribution is 2.29. The molecule has 0 unspecified atom stereocenters. The third-order valence-electron chi connectivity index (χ3n) is 4.12. The Kier molecular flexibility index (Phi) is 4.33. The summed E-state index contributed by atoms with van der Waals surface area (Å²) in [5, 5.41) is 2.99. The minimum Gasteiger partial charge on any atom is -0.457 e. The van der Waals surface area contributed by atoms with E-state index in [0.29, 0.717) is 27.2 Å². The molecule has 140 valence electrons. The summed E-state index contributed by atoms with van der Waals surface area (Å²) >= 11 is 11.9. The predicted molar refractivity (Wildman–Crippen MR) is 105 cm³/mol. The van der Waals surface area contributed by atoms with Gasteiger partial charge in [0.25, 0.3) is 17.4 Å². The topological polar surface area (TPSA) is 103 Å². The maximum Gasteiger partial charge on any atom is 0.262 e. The second-order valence-corrected chi connectivity index (χ2v) is 6.85. The van der Waals surface area contributed by atoms with Gasteiger partial charge in [0.05, 0.1) is 16.8 Å². The van der Waals surface area contributed by atoms with Crippen molar-refractivity contribution in [3.63, 3.8) is 0 Å². The molecule has 2 aromatic carbocycles. The van der Waals surface area contributed by atoms with Gasteiger partial charge in [0.2, 0.25) is 0 Å². The van der Waals surface area contributed by atoms with Gasteiger partial charge in [-0.15, -0.1) is 0 Å². The molecule has 2 amide bonds. The zero-order valence-electron chi connectivity index (χ0n) is 14.0. The van der Waals surface area contributed by atoms with Gasteiger partial charge in [-0.05, 0) is 42.5 Å². The number of benzene rings is 2. The number of rotatable bonds is 3. The van der Waals surface area contributed by atoms with Crippen molar-refractivity contribution in [3.8, 4) is 17.2 Å². The van der Waals surface area contributed by atoms with E-state index < -0.39 is 17.4 Å². The molecule has 0 saturated carbocycles. The largest absolute Gasteiger partial charge is 0.457 e. The first-order chi connectivity index (χ1) is 13.3. The number of amides is 2. The Morgan fingerprint density at radius 3 is 2.14 bits per heavy atom. The normalized spacial score (nSPS) is 12.6. The molecule has 0 radical (unpaired) electrons. The number of nitrogens with zero attached hydrogens (tertiary/aromatic N) is 1. The molecule has 0 bridgehead atoms. The zero-order valence-corrected chi connectivity index (χ0v) is 15.5. The summed E-state index contributed by atoms with van der Waals surface area (Å²) in [6, 6.07) is 12.3. The summed E-state index contributed by atoms with van der Waals surface area (Å²) in [6.45, 7) is 0. The maximum absolute atomic E-state index is 12.4. The van der Waals surface area contributed by atoms with E-state index in [1.54, 1.807) is 42.5 Å². The second-order valence-electron chi connectivity index (χ2n) is 5.98. The first kappa shape index (κ1) is 18.1. The summed E-state index contributed by atoms with van der Waals surface area (Å²) in [5.74, 6) is -0.456. The summed E-state index contributed by atoms with van der Waals surface area (Å²) < 4.78 is 6.85. The van der Waals surface area contributed by atoms with Gasteiger partial charge in [-0.2, -0.15) is 0 Å². The van der Waals surface area contributed by atoms with E-state index in [1.807, 2.05) is 0 Å². The molecule has 0 spiro atoms. The molecule has 0 saturated heterocycles. The molecule has 2 heterocycles. The number of anilines is 1. The molecule has 1 aliphatic heterocycles. The van der Waals surface area contributed by atoms with Crippen molar-refractivity contribution < 1.29 is 14.3 Å². The fourth-order valence-electron chi connectivity index (χ4n) is 2.93. The van der Waals surface area contributed by atoms with Gasteiger partial charge in [0, 0.05) is 16.1 Å². The van der Waals surface area contributed by atoms with Crippen molar-refractivity contribution in [1.82, 2.24) is 9.88 Å². The predicted octanol–water partition coefficient (Wildman–Crippen LogP) is 3.40. The van der Waals surface area contributed by atoms with Crippen LogP contribution in [0.2, 0.25) is 10.0 Å². The van der Waals surface area contributed by atoms with Gasteiger partial charge in [-0.3, -0.25) is 24.3 Å². The van der Waals surface area contributed by atoms with E-state index in [9.17, 15) is 14.4 Å². The maximum atomic E-state index is 12.4. The molecule has 3 aromatic rings. The number of ether oxygens (including phenoxy) is 1.